The van der Waals surface area contributed by atoms with Crippen LogP contribution in [0.3, 0.4) is 0 Å². The number of halogens is 3. The maximum Gasteiger partial charge on any atom is 0.267 e. The molecule has 0 fully saturated rings. The fraction of sp³-hybridized carbons (Fsp3) is 0.250. The standard InChI is InChI=1S/C8H6F2INO2/c1-14-7-4(8(9)10)2-6(11)12-5(7)3-13/h2-3,8H,1H3. The van der Waals surface area contributed by atoms with Gasteiger partial charge in [-0.2, -0.15) is 0 Å². The topological polar surface area (TPSA) is 39.2 Å². The third-order valence-corrected chi connectivity index (χ3v) is 2.10. The molecule has 0 unspecified atom stereocenters. The summed E-state index contributed by atoms with van der Waals surface area (Å²) in [4.78, 5) is 14.3. The number of pyridine rings is 1. The first kappa shape index (κ1) is 11.3. The Morgan fingerprint density at radius 1 is 1.64 bits per heavy atom. The number of hydrogen-bond donors (Lipinski definition) is 0. The van der Waals surface area contributed by atoms with E-state index in [0.717, 1.165) is 0 Å². The zero-order valence-corrected chi connectivity index (χ0v) is 9.29. The molecule has 0 atom stereocenters. The van der Waals surface area contributed by atoms with Gasteiger partial charge >= 0.3 is 0 Å². The smallest absolute Gasteiger partial charge is 0.267 e. The molecule has 0 spiro atoms. The summed E-state index contributed by atoms with van der Waals surface area (Å²) in [7, 11) is 1.22. The number of ether oxygens (including phenoxy) is 1. The molecule has 76 valence electrons. The van der Waals surface area contributed by atoms with Crippen molar-refractivity contribution in [2.75, 3.05) is 7.11 Å². The maximum atomic E-state index is 12.5. The van der Waals surface area contributed by atoms with Crippen molar-refractivity contribution in [3.8, 4) is 5.75 Å². The molecule has 0 bridgehead atoms. The molecule has 0 aliphatic carbocycles. The Hall–Kier alpha value is -0.790. The van der Waals surface area contributed by atoms with Crippen molar-refractivity contribution in [2.24, 2.45) is 0 Å². The summed E-state index contributed by atoms with van der Waals surface area (Å²) in [5, 5.41) is 0. The summed E-state index contributed by atoms with van der Waals surface area (Å²) in [6, 6.07) is 1.19. The SMILES string of the molecule is COc1c(C(F)F)cc(I)nc1C=O. The summed E-state index contributed by atoms with van der Waals surface area (Å²) in [6.45, 7) is 0. The highest BCUT2D eigenvalue weighted by atomic mass is 127. The number of alkyl halides is 2. The lowest BCUT2D eigenvalue weighted by Gasteiger charge is -2.09. The highest BCUT2D eigenvalue weighted by molar-refractivity contribution is 14.1. The first-order valence-corrected chi connectivity index (χ1v) is 4.65. The molecule has 1 rings (SSSR count). The molecule has 0 saturated carbocycles. The van der Waals surface area contributed by atoms with Crippen LogP contribution in [0.5, 0.6) is 5.75 Å². The van der Waals surface area contributed by atoms with Crippen molar-refractivity contribution in [1.82, 2.24) is 4.98 Å². The van der Waals surface area contributed by atoms with Gasteiger partial charge in [0.1, 0.15) is 9.39 Å². The number of aldehydes is 1. The summed E-state index contributed by atoms with van der Waals surface area (Å²) in [6.07, 6.45) is -2.28. The lowest BCUT2D eigenvalue weighted by atomic mass is 10.2. The second kappa shape index (κ2) is 4.63. The quantitative estimate of drug-likeness (QED) is 0.489. The largest absolute Gasteiger partial charge is 0.494 e. The molecule has 3 nitrogen and oxygen atoms in total. The molecule has 1 heterocycles. The Morgan fingerprint density at radius 3 is 2.71 bits per heavy atom. The first-order chi connectivity index (χ1) is 6.60. The third kappa shape index (κ3) is 2.17. The van der Waals surface area contributed by atoms with Gasteiger partial charge in [-0.05, 0) is 28.7 Å². The second-order valence-electron chi connectivity index (χ2n) is 2.37. The average molecular weight is 313 g/mol. The molecule has 0 radical (unpaired) electrons. The van der Waals surface area contributed by atoms with Gasteiger partial charge in [-0.25, -0.2) is 13.8 Å². The van der Waals surface area contributed by atoms with E-state index in [0.29, 0.717) is 9.99 Å². The number of carbonyl (C=O) groups excluding carboxylic acids is 1. The second-order valence-corrected chi connectivity index (χ2v) is 3.48. The van der Waals surface area contributed by atoms with Gasteiger partial charge in [-0.3, -0.25) is 4.79 Å². The van der Waals surface area contributed by atoms with Crippen molar-refractivity contribution >= 4 is 28.9 Å². The predicted molar refractivity (Wildman–Crippen MR) is 53.9 cm³/mol. The van der Waals surface area contributed by atoms with Crippen LogP contribution in [0.15, 0.2) is 6.07 Å². The van der Waals surface area contributed by atoms with Crippen LogP contribution in [-0.2, 0) is 0 Å². The van der Waals surface area contributed by atoms with Crippen molar-refractivity contribution < 1.29 is 18.3 Å². The van der Waals surface area contributed by atoms with Gasteiger partial charge in [0.25, 0.3) is 6.43 Å². The molecule has 0 amide bonds. The average Bonchev–Trinajstić information content (AvgIpc) is 2.16. The van der Waals surface area contributed by atoms with Crippen molar-refractivity contribution in [3.63, 3.8) is 0 Å². The van der Waals surface area contributed by atoms with E-state index in [1.807, 2.05) is 0 Å². The van der Waals surface area contributed by atoms with E-state index in [9.17, 15) is 13.6 Å². The van der Waals surface area contributed by atoms with Crippen LogP contribution in [0.25, 0.3) is 0 Å². The highest BCUT2D eigenvalue weighted by Crippen LogP contribution is 2.31. The van der Waals surface area contributed by atoms with Crippen LogP contribution < -0.4 is 4.74 Å². The Morgan fingerprint density at radius 2 is 2.29 bits per heavy atom. The van der Waals surface area contributed by atoms with E-state index in [2.05, 4.69) is 4.98 Å². The highest BCUT2D eigenvalue weighted by Gasteiger charge is 2.19. The van der Waals surface area contributed by atoms with E-state index in [-0.39, 0.29) is 17.0 Å². The number of nitrogens with zero attached hydrogens (tertiary/aromatic N) is 1. The van der Waals surface area contributed by atoms with Crippen LogP contribution in [0.2, 0.25) is 0 Å². The number of carbonyl (C=O) groups is 1. The van der Waals surface area contributed by atoms with Crippen LogP contribution >= 0.6 is 22.6 Å². The Bertz CT molecular complexity index is 357. The number of hydrogen-bond acceptors (Lipinski definition) is 3. The van der Waals surface area contributed by atoms with Gasteiger partial charge < -0.3 is 4.74 Å². The normalized spacial score (nSPS) is 10.4. The minimum absolute atomic E-state index is 0.102. The lowest BCUT2D eigenvalue weighted by Crippen LogP contribution is -2.01. The maximum absolute atomic E-state index is 12.5. The van der Waals surface area contributed by atoms with Crippen molar-refractivity contribution in [3.05, 3.63) is 21.0 Å². The molecule has 0 aliphatic heterocycles. The van der Waals surface area contributed by atoms with E-state index < -0.39 is 6.43 Å². The molecule has 14 heavy (non-hydrogen) atoms. The summed E-state index contributed by atoms with van der Waals surface area (Å²) >= 11 is 1.76. The predicted octanol–water partition coefficient (Wildman–Crippen LogP) is 2.44. The zero-order valence-electron chi connectivity index (χ0n) is 7.13. The van der Waals surface area contributed by atoms with Crippen LogP contribution in [0.1, 0.15) is 22.5 Å². The van der Waals surface area contributed by atoms with E-state index in [4.69, 9.17) is 4.74 Å². The molecule has 1 aromatic rings. The Kier molecular flexibility index (Phi) is 3.73. The van der Waals surface area contributed by atoms with Gasteiger partial charge in [0, 0.05) is 0 Å². The van der Waals surface area contributed by atoms with Gasteiger partial charge in [-0.1, -0.05) is 0 Å². The fourth-order valence-corrected chi connectivity index (χ4v) is 1.60. The molecular formula is C8H6F2INO2. The lowest BCUT2D eigenvalue weighted by molar-refractivity contribution is 0.111. The fourth-order valence-electron chi connectivity index (χ4n) is 1.00. The van der Waals surface area contributed by atoms with E-state index >= 15 is 0 Å². The molecule has 1 aromatic heterocycles. The van der Waals surface area contributed by atoms with E-state index in [1.54, 1.807) is 22.6 Å². The minimum Gasteiger partial charge on any atom is -0.494 e. The monoisotopic (exact) mass is 313 g/mol. The van der Waals surface area contributed by atoms with Crippen LogP contribution in [0, 0.1) is 3.70 Å². The Labute approximate surface area is 92.6 Å². The minimum atomic E-state index is -2.68. The first-order valence-electron chi connectivity index (χ1n) is 3.58. The summed E-state index contributed by atoms with van der Waals surface area (Å²) < 4.78 is 30.0. The van der Waals surface area contributed by atoms with Gasteiger partial charge in [0.15, 0.2) is 12.0 Å². The third-order valence-electron chi connectivity index (χ3n) is 1.55. The Balaban J connectivity index is 3.39. The van der Waals surface area contributed by atoms with Gasteiger partial charge in [0.05, 0.1) is 12.7 Å². The number of methoxy groups -OCH3 is 1. The van der Waals surface area contributed by atoms with Gasteiger partial charge in [0.2, 0.25) is 0 Å². The van der Waals surface area contributed by atoms with Gasteiger partial charge in [-0.15, -0.1) is 0 Å². The number of aromatic nitrogens is 1. The molecule has 0 N–H and O–H groups in total. The summed E-state index contributed by atoms with van der Waals surface area (Å²) in [5.74, 6) is -0.157. The molecule has 0 saturated heterocycles. The molecule has 6 heteroatoms. The molecular weight excluding hydrogens is 307 g/mol. The molecule has 0 aliphatic rings. The van der Waals surface area contributed by atoms with Crippen LogP contribution in [0.4, 0.5) is 8.78 Å². The molecule has 0 aromatic carbocycles. The van der Waals surface area contributed by atoms with Crippen LogP contribution in [-0.4, -0.2) is 18.4 Å². The van der Waals surface area contributed by atoms with E-state index in [1.165, 1.54) is 13.2 Å². The summed E-state index contributed by atoms with van der Waals surface area (Å²) in [5.41, 5.74) is -0.413. The zero-order chi connectivity index (χ0) is 10.7. The van der Waals surface area contributed by atoms with Crippen molar-refractivity contribution in [2.45, 2.75) is 6.43 Å². The number of rotatable bonds is 3. The van der Waals surface area contributed by atoms with Crippen molar-refractivity contribution in [1.29, 1.82) is 0 Å².